The predicted molar refractivity (Wildman–Crippen MR) is 34.0 cm³/mol. The van der Waals surface area contributed by atoms with E-state index in [1.54, 1.807) is 0 Å². The fourth-order valence-corrected chi connectivity index (χ4v) is 0. The monoisotopic (exact) mass is 182 g/mol. The third-order valence-electron chi connectivity index (χ3n) is 0. The Morgan fingerprint density at radius 3 is 0.750 bits per heavy atom. The van der Waals surface area contributed by atoms with Crippen LogP contribution in [-0.4, -0.2) is 23.1 Å². The molecule has 0 radical (unpaired) electrons. The molecule has 4 heavy (non-hydrogen) atoms. The van der Waals surface area contributed by atoms with Gasteiger partial charge in [0.05, 0.1) is 0 Å². The molecule has 0 aliphatic rings. The van der Waals surface area contributed by atoms with Gasteiger partial charge in [-0.25, -0.2) is 0 Å². The summed E-state index contributed by atoms with van der Waals surface area (Å²) in [7, 11) is 0. The Morgan fingerprint density at radius 1 is 0.750 bits per heavy atom. The zero-order chi connectivity index (χ0) is 0. The molecule has 0 nitrogen and oxygen atoms in total. The molecule has 0 aromatic rings. The first-order valence-electron chi connectivity index (χ1n) is 0. The summed E-state index contributed by atoms with van der Waals surface area (Å²) in [6.45, 7) is 0. The van der Waals surface area contributed by atoms with Gasteiger partial charge in [-0.2, -0.15) is 0 Å². The fraction of sp³-hybridized carbons (Fsp3) is 0. The summed E-state index contributed by atoms with van der Waals surface area (Å²) in [4.78, 5) is 0. The predicted octanol–water partition coefficient (Wildman–Crippen LogP) is 1.14. The van der Waals surface area contributed by atoms with Gasteiger partial charge in [0.1, 0.15) is 0 Å². The second-order valence-corrected chi connectivity index (χ2v) is 0. The van der Waals surface area contributed by atoms with Crippen molar-refractivity contribution in [3.63, 3.8) is 0 Å². The van der Waals surface area contributed by atoms with Crippen molar-refractivity contribution in [1.82, 2.24) is 0 Å². The zero-order valence-electron chi connectivity index (χ0n) is 3.12. The summed E-state index contributed by atoms with van der Waals surface area (Å²) in [6.07, 6.45) is 0. The van der Waals surface area contributed by atoms with Gasteiger partial charge in [0.25, 0.3) is 0 Å². The van der Waals surface area contributed by atoms with E-state index in [0.29, 0.717) is 0 Å². The summed E-state index contributed by atoms with van der Waals surface area (Å²) in [5.74, 6) is 0. The van der Waals surface area contributed by atoms with Gasteiger partial charge in [-0.1, -0.05) is 0 Å². The first kappa shape index (κ1) is 49.6. The van der Waals surface area contributed by atoms with Gasteiger partial charge < -0.3 is 14.9 Å². The van der Waals surface area contributed by atoms with Gasteiger partial charge in [-0.05, 0) is 0 Å². The average Bonchev–Trinajstić information content (AvgIpc) is 0. The van der Waals surface area contributed by atoms with Crippen LogP contribution in [0.3, 0.4) is 0 Å². The van der Waals surface area contributed by atoms with Crippen LogP contribution in [0.1, 0.15) is 0 Å². The van der Waals surface area contributed by atoms with Crippen LogP contribution in [0.25, 0.3) is 0 Å². The molecule has 24 valence electrons. The Hall–Kier alpha value is 1.50. The van der Waals surface area contributed by atoms with Crippen LogP contribution in [0, 0.1) is 14.9 Å². The molecule has 2 heteroatoms. The SMILES string of the molecule is I.[CH3-].[CH3-].[Mg+2]. The Labute approximate surface area is 61.5 Å². The van der Waals surface area contributed by atoms with Crippen molar-refractivity contribution in [2.45, 2.75) is 0 Å². The summed E-state index contributed by atoms with van der Waals surface area (Å²) >= 11 is 0. The quantitative estimate of drug-likeness (QED) is 0.299. The molecule has 0 atom stereocenters. The Morgan fingerprint density at radius 2 is 0.750 bits per heavy atom. The summed E-state index contributed by atoms with van der Waals surface area (Å²) in [5.41, 5.74) is 0. The topological polar surface area (TPSA) is 0 Å². The summed E-state index contributed by atoms with van der Waals surface area (Å²) < 4.78 is 0. The molecule has 0 spiro atoms. The van der Waals surface area contributed by atoms with Gasteiger partial charge in [0.2, 0.25) is 0 Å². The van der Waals surface area contributed by atoms with Crippen LogP contribution in [-0.2, 0) is 0 Å². The van der Waals surface area contributed by atoms with Crippen LogP contribution in [0.15, 0.2) is 0 Å². The van der Waals surface area contributed by atoms with Crippen molar-refractivity contribution in [3.8, 4) is 0 Å². The molecule has 0 aliphatic heterocycles. The molecule has 0 saturated carbocycles. The molecular weight excluding hydrogens is 175 g/mol. The van der Waals surface area contributed by atoms with E-state index in [1.807, 2.05) is 0 Å². The largest absolute Gasteiger partial charge is 2.00 e. The molecule has 0 unspecified atom stereocenters. The molecule has 0 aliphatic carbocycles. The van der Waals surface area contributed by atoms with E-state index in [2.05, 4.69) is 0 Å². The maximum absolute atomic E-state index is 0. The molecular formula is C2H7IMg. The van der Waals surface area contributed by atoms with E-state index in [4.69, 9.17) is 0 Å². The number of hydrogen-bond acceptors (Lipinski definition) is 0. The maximum Gasteiger partial charge on any atom is 2.00 e. The van der Waals surface area contributed by atoms with Crippen LogP contribution in [0.4, 0.5) is 0 Å². The minimum absolute atomic E-state index is 0. The van der Waals surface area contributed by atoms with Crippen molar-refractivity contribution < 1.29 is 0 Å². The standard InChI is InChI=1S/2CH3.HI.Mg/h2*1H3;1H;/q2*-1;;+2. The molecule has 0 bridgehead atoms. The van der Waals surface area contributed by atoms with E-state index < -0.39 is 0 Å². The van der Waals surface area contributed by atoms with Crippen molar-refractivity contribution in [2.24, 2.45) is 0 Å². The third-order valence-corrected chi connectivity index (χ3v) is 0. The van der Waals surface area contributed by atoms with Crippen molar-refractivity contribution >= 4 is 47.0 Å². The van der Waals surface area contributed by atoms with Crippen molar-refractivity contribution in [1.29, 1.82) is 0 Å². The second kappa shape index (κ2) is 24.5. The Balaban J connectivity index is 0. The number of rotatable bonds is 0. The molecule has 0 heterocycles. The van der Waals surface area contributed by atoms with E-state index in [1.165, 1.54) is 0 Å². The summed E-state index contributed by atoms with van der Waals surface area (Å²) in [6, 6.07) is 0. The van der Waals surface area contributed by atoms with Gasteiger partial charge in [0, 0.05) is 0 Å². The van der Waals surface area contributed by atoms with E-state index in [0.717, 1.165) is 0 Å². The molecule has 0 fully saturated rings. The first-order valence-corrected chi connectivity index (χ1v) is 0. The number of halogens is 1. The second-order valence-electron chi connectivity index (χ2n) is 0. The minimum atomic E-state index is 0. The Kier molecular flexibility index (Phi) is 305. The minimum Gasteiger partial charge on any atom is -0.358 e. The first-order chi connectivity index (χ1) is 0. The Bertz CT molecular complexity index is 6.00. The van der Waals surface area contributed by atoms with Crippen LogP contribution >= 0.6 is 24.0 Å². The van der Waals surface area contributed by atoms with E-state index in [9.17, 15) is 0 Å². The van der Waals surface area contributed by atoms with E-state index in [-0.39, 0.29) is 61.9 Å². The van der Waals surface area contributed by atoms with Gasteiger partial charge >= 0.3 is 23.1 Å². The van der Waals surface area contributed by atoms with Crippen LogP contribution in [0.2, 0.25) is 0 Å². The van der Waals surface area contributed by atoms with Crippen LogP contribution in [0.5, 0.6) is 0 Å². The van der Waals surface area contributed by atoms with Gasteiger partial charge in [-0.3, -0.25) is 0 Å². The molecule has 0 amide bonds. The zero-order valence-corrected chi connectivity index (χ0v) is 6.86. The molecule has 0 rings (SSSR count). The van der Waals surface area contributed by atoms with Crippen molar-refractivity contribution in [2.75, 3.05) is 0 Å². The smallest absolute Gasteiger partial charge is 0.358 e. The van der Waals surface area contributed by atoms with Crippen molar-refractivity contribution in [3.05, 3.63) is 14.9 Å². The molecule has 0 aromatic carbocycles. The molecule has 0 N–H and O–H groups in total. The van der Waals surface area contributed by atoms with Gasteiger partial charge in [0.15, 0.2) is 0 Å². The average molecular weight is 182 g/mol. The molecule has 0 saturated heterocycles. The number of hydrogen-bond donors (Lipinski definition) is 0. The normalized spacial score (nSPS) is 0. The molecule has 0 aromatic heterocycles. The van der Waals surface area contributed by atoms with E-state index >= 15 is 0 Å². The van der Waals surface area contributed by atoms with Gasteiger partial charge in [-0.15, -0.1) is 24.0 Å². The van der Waals surface area contributed by atoms with Crippen LogP contribution < -0.4 is 0 Å². The summed E-state index contributed by atoms with van der Waals surface area (Å²) in [5, 5.41) is 0. The fourth-order valence-electron chi connectivity index (χ4n) is 0. The third kappa shape index (κ3) is 9.73. The maximum atomic E-state index is 0.